The molecule has 1 amide bonds. The van der Waals surface area contributed by atoms with Crippen LogP contribution in [0.15, 0.2) is 53.6 Å². The number of ether oxygens (including phenoxy) is 1. The first kappa shape index (κ1) is 13.8. The highest BCUT2D eigenvalue weighted by Crippen LogP contribution is 2.12. The lowest BCUT2D eigenvalue weighted by molar-refractivity contribution is 0.0955. The van der Waals surface area contributed by atoms with Gasteiger partial charge in [0.05, 0.1) is 13.3 Å². The van der Waals surface area contributed by atoms with Crippen LogP contribution >= 0.6 is 0 Å². The van der Waals surface area contributed by atoms with E-state index >= 15 is 0 Å². The van der Waals surface area contributed by atoms with Crippen molar-refractivity contribution in [1.29, 1.82) is 0 Å². The zero-order chi connectivity index (χ0) is 14.4. The first-order valence-electron chi connectivity index (χ1n) is 6.24. The van der Waals surface area contributed by atoms with Crippen molar-refractivity contribution in [3.05, 3.63) is 65.2 Å². The van der Waals surface area contributed by atoms with Crippen LogP contribution in [0, 0.1) is 6.92 Å². The predicted octanol–water partition coefficient (Wildman–Crippen LogP) is 2.77. The van der Waals surface area contributed by atoms with Gasteiger partial charge in [0.1, 0.15) is 5.75 Å². The summed E-state index contributed by atoms with van der Waals surface area (Å²) in [6, 6.07) is 14.7. The molecule has 0 radical (unpaired) electrons. The highest BCUT2D eigenvalue weighted by atomic mass is 16.5. The van der Waals surface area contributed by atoms with E-state index in [2.05, 4.69) is 10.5 Å². The van der Waals surface area contributed by atoms with Crippen LogP contribution in [0.4, 0.5) is 0 Å². The van der Waals surface area contributed by atoms with Gasteiger partial charge in [-0.3, -0.25) is 4.79 Å². The first-order chi connectivity index (χ1) is 9.70. The minimum absolute atomic E-state index is 0.270. The second-order valence-corrected chi connectivity index (χ2v) is 4.29. The van der Waals surface area contributed by atoms with E-state index in [1.807, 2.05) is 31.2 Å². The van der Waals surface area contributed by atoms with Crippen LogP contribution in [0.2, 0.25) is 0 Å². The van der Waals surface area contributed by atoms with Crippen LogP contribution in [0.1, 0.15) is 21.5 Å². The van der Waals surface area contributed by atoms with E-state index in [1.165, 1.54) is 0 Å². The molecule has 0 aliphatic carbocycles. The van der Waals surface area contributed by atoms with E-state index in [0.717, 1.165) is 11.1 Å². The van der Waals surface area contributed by atoms with Crippen LogP contribution in [0.25, 0.3) is 0 Å². The van der Waals surface area contributed by atoms with Gasteiger partial charge < -0.3 is 4.74 Å². The average molecular weight is 268 g/mol. The van der Waals surface area contributed by atoms with Gasteiger partial charge in [-0.15, -0.1) is 0 Å². The lowest BCUT2D eigenvalue weighted by Crippen LogP contribution is -2.17. The average Bonchev–Trinajstić information content (AvgIpc) is 2.49. The second-order valence-electron chi connectivity index (χ2n) is 4.29. The van der Waals surface area contributed by atoms with Gasteiger partial charge in [0.25, 0.3) is 5.91 Å². The summed E-state index contributed by atoms with van der Waals surface area (Å²) in [6.07, 6.45) is 1.63. The van der Waals surface area contributed by atoms with Crippen LogP contribution in [0.3, 0.4) is 0 Å². The Kier molecular flexibility index (Phi) is 4.50. The number of nitrogens with one attached hydrogen (secondary N) is 1. The minimum atomic E-state index is -0.270. The summed E-state index contributed by atoms with van der Waals surface area (Å²) in [5.74, 6) is 0.370. The first-order valence-corrected chi connectivity index (χ1v) is 6.24. The van der Waals surface area contributed by atoms with Crippen LogP contribution in [0.5, 0.6) is 5.75 Å². The molecule has 0 aliphatic heterocycles. The monoisotopic (exact) mass is 268 g/mol. The Balaban J connectivity index is 2.03. The van der Waals surface area contributed by atoms with E-state index < -0.39 is 0 Å². The SMILES string of the molecule is COc1cccc(C(=O)N/N=C/c2ccccc2C)c1. The smallest absolute Gasteiger partial charge is 0.271 e. The molecule has 0 saturated carbocycles. The highest BCUT2D eigenvalue weighted by Gasteiger charge is 2.04. The molecule has 0 unspecified atom stereocenters. The Labute approximate surface area is 118 Å². The molecule has 0 bridgehead atoms. The predicted molar refractivity (Wildman–Crippen MR) is 79.2 cm³/mol. The summed E-state index contributed by atoms with van der Waals surface area (Å²) in [6.45, 7) is 1.99. The standard InChI is InChI=1S/C16H16N2O2/c1-12-6-3-4-7-14(12)11-17-18-16(19)13-8-5-9-15(10-13)20-2/h3-11H,1-2H3,(H,18,19)/b17-11+. The van der Waals surface area contributed by atoms with Gasteiger partial charge in [0.2, 0.25) is 0 Å². The number of methoxy groups -OCH3 is 1. The van der Waals surface area contributed by atoms with Crippen molar-refractivity contribution in [2.45, 2.75) is 6.92 Å². The molecule has 2 aromatic carbocycles. The van der Waals surface area contributed by atoms with Crippen molar-refractivity contribution in [2.24, 2.45) is 5.10 Å². The number of carbonyl (C=O) groups is 1. The summed E-state index contributed by atoms with van der Waals surface area (Å²) < 4.78 is 5.08. The fourth-order valence-corrected chi connectivity index (χ4v) is 1.72. The van der Waals surface area contributed by atoms with Crippen LogP contribution < -0.4 is 10.2 Å². The highest BCUT2D eigenvalue weighted by molar-refractivity contribution is 5.95. The number of amides is 1. The van der Waals surface area contributed by atoms with E-state index in [4.69, 9.17) is 4.74 Å². The number of carbonyl (C=O) groups excluding carboxylic acids is 1. The van der Waals surface area contributed by atoms with E-state index in [-0.39, 0.29) is 5.91 Å². The Bertz CT molecular complexity index is 636. The molecule has 0 aliphatic rings. The molecule has 2 rings (SSSR count). The van der Waals surface area contributed by atoms with Gasteiger partial charge in [0.15, 0.2) is 0 Å². The van der Waals surface area contributed by atoms with Crippen LogP contribution in [-0.2, 0) is 0 Å². The van der Waals surface area contributed by atoms with Gasteiger partial charge >= 0.3 is 0 Å². The Hall–Kier alpha value is -2.62. The summed E-state index contributed by atoms with van der Waals surface area (Å²) in [4.78, 5) is 11.9. The number of nitrogens with zero attached hydrogens (tertiary/aromatic N) is 1. The quantitative estimate of drug-likeness (QED) is 0.684. The van der Waals surface area contributed by atoms with Crippen molar-refractivity contribution in [1.82, 2.24) is 5.43 Å². The molecule has 102 valence electrons. The number of aryl methyl sites for hydroxylation is 1. The van der Waals surface area contributed by atoms with Gasteiger partial charge in [0, 0.05) is 5.56 Å². The zero-order valence-electron chi connectivity index (χ0n) is 11.5. The topological polar surface area (TPSA) is 50.7 Å². The van der Waals surface area contributed by atoms with Crippen molar-refractivity contribution < 1.29 is 9.53 Å². The maximum Gasteiger partial charge on any atom is 0.271 e. The molecular formula is C16H16N2O2. The fourth-order valence-electron chi connectivity index (χ4n) is 1.72. The van der Waals surface area contributed by atoms with Crippen molar-refractivity contribution in [3.63, 3.8) is 0 Å². The third-order valence-electron chi connectivity index (χ3n) is 2.89. The molecule has 0 saturated heterocycles. The molecule has 0 spiro atoms. The maximum absolute atomic E-state index is 11.9. The fraction of sp³-hybridized carbons (Fsp3) is 0.125. The lowest BCUT2D eigenvalue weighted by atomic mass is 10.1. The largest absolute Gasteiger partial charge is 0.497 e. The molecule has 20 heavy (non-hydrogen) atoms. The zero-order valence-corrected chi connectivity index (χ0v) is 11.5. The van der Waals surface area contributed by atoms with E-state index in [1.54, 1.807) is 37.6 Å². The van der Waals surface area contributed by atoms with Crippen LogP contribution in [-0.4, -0.2) is 19.2 Å². The lowest BCUT2D eigenvalue weighted by Gasteiger charge is -2.03. The summed E-state index contributed by atoms with van der Waals surface area (Å²) in [5.41, 5.74) is 5.08. The molecular weight excluding hydrogens is 252 g/mol. The molecule has 0 aromatic heterocycles. The van der Waals surface area contributed by atoms with Gasteiger partial charge in [-0.25, -0.2) is 5.43 Å². The normalized spacial score (nSPS) is 10.5. The summed E-state index contributed by atoms with van der Waals surface area (Å²) in [5, 5.41) is 3.97. The summed E-state index contributed by atoms with van der Waals surface area (Å²) >= 11 is 0. The Morgan fingerprint density at radius 2 is 2.00 bits per heavy atom. The summed E-state index contributed by atoms with van der Waals surface area (Å²) in [7, 11) is 1.56. The number of benzene rings is 2. The van der Waals surface area contributed by atoms with Gasteiger partial charge in [-0.2, -0.15) is 5.10 Å². The van der Waals surface area contributed by atoms with E-state index in [0.29, 0.717) is 11.3 Å². The molecule has 0 atom stereocenters. The molecule has 4 nitrogen and oxygen atoms in total. The van der Waals surface area contributed by atoms with Crippen molar-refractivity contribution in [3.8, 4) is 5.75 Å². The Morgan fingerprint density at radius 1 is 1.20 bits per heavy atom. The number of hydrogen-bond acceptors (Lipinski definition) is 3. The minimum Gasteiger partial charge on any atom is -0.497 e. The number of hydrogen-bond donors (Lipinski definition) is 1. The molecule has 4 heteroatoms. The number of rotatable bonds is 4. The third kappa shape index (κ3) is 3.45. The van der Waals surface area contributed by atoms with Gasteiger partial charge in [-0.05, 0) is 36.2 Å². The van der Waals surface area contributed by atoms with E-state index in [9.17, 15) is 4.79 Å². The molecule has 2 aromatic rings. The van der Waals surface area contributed by atoms with Crippen molar-refractivity contribution >= 4 is 12.1 Å². The van der Waals surface area contributed by atoms with Crippen molar-refractivity contribution in [2.75, 3.05) is 7.11 Å². The molecule has 0 fully saturated rings. The molecule has 0 heterocycles. The second kappa shape index (κ2) is 6.52. The maximum atomic E-state index is 11.9. The third-order valence-corrected chi connectivity index (χ3v) is 2.89. The Morgan fingerprint density at radius 3 is 2.75 bits per heavy atom. The number of hydrazone groups is 1. The molecule has 1 N–H and O–H groups in total. The van der Waals surface area contributed by atoms with Gasteiger partial charge in [-0.1, -0.05) is 30.3 Å².